The van der Waals surface area contributed by atoms with E-state index in [-0.39, 0.29) is 5.91 Å². The third kappa shape index (κ3) is 5.34. The van der Waals surface area contributed by atoms with E-state index in [0.717, 1.165) is 33.9 Å². The van der Waals surface area contributed by atoms with E-state index in [4.69, 9.17) is 14.5 Å². The number of rotatable bonds is 9. The summed E-state index contributed by atoms with van der Waals surface area (Å²) in [7, 11) is 3.22. The number of ether oxygens (including phenoxy) is 2. The van der Waals surface area contributed by atoms with Crippen molar-refractivity contribution in [3.8, 4) is 22.6 Å². The molecule has 34 heavy (non-hydrogen) atoms. The monoisotopic (exact) mass is 476 g/mol. The van der Waals surface area contributed by atoms with Crippen LogP contribution in [0.25, 0.3) is 16.8 Å². The van der Waals surface area contributed by atoms with Crippen LogP contribution < -0.4 is 14.8 Å². The molecule has 0 unspecified atom stereocenters. The fourth-order valence-electron chi connectivity index (χ4n) is 3.65. The van der Waals surface area contributed by atoms with E-state index in [2.05, 4.69) is 41.6 Å². The minimum atomic E-state index is -0.00741. The second-order valence-corrected chi connectivity index (χ2v) is 8.97. The summed E-state index contributed by atoms with van der Waals surface area (Å²) in [6, 6.07) is 16.0. The number of aromatic nitrogens is 3. The maximum absolute atomic E-state index is 12.4. The van der Waals surface area contributed by atoms with Crippen molar-refractivity contribution in [2.45, 2.75) is 25.3 Å². The lowest BCUT2D eigenvalue weighted by atomic mass is 10.1. The Morgan fingerprint density at radius 3 is 2.53 bits per heavy atom. The molecule has 1 amide bonds. The molecule has 2 aromatic carbocycles. The van der Waals surface area contributed by atoms with Gasteiger partial charge in [0, 0.05) is 17.8 Å². The number of methoxy groups -OCH3 is 2. The summed E-state index contributed by atoms with van der Waals surface area (Å²) in [4.78, 5) is 17.1. The Balaban J connectivity index is 1.46. The normalized spacial score (nSPS) is 10.9. The first kappa shape index (κ1) is 23.6. The molecule has 4 aromatic rings. The molecule has 2 aromatic heterocycles. The number of carbonyl (C=O) groups excluding carboxylic acids is 1. The van der Waals surface area contributed by atoms with E-state index in [9.17, 15) is 4.79 Å². The van der Waals surface area contributed by atoms with Crippen LogP contribution in [0.2, 0.25) is 0 Å². The summed E-state index contributed by atoms with van der Waals surface area (Å²) < 4.78 is 12.6. The molecule has 0 aliphatic rings. The van der Waals surface area contributed by atoms with Gasteiger partial charge in [0.15, 0.2) is 17.1 Å². The predicted octanol–water partition coefficient (Wildman–Crippen LogP) is 4.48. The van der Waals surface area contributed by atoms with Crippen LogP contribution in [0.5, 0.6) is 11.5 Å². The summed E-state index contributed by atoms with van der Waals surface area (Å²) in [6.45, 7) is 4.62. The maximum atomic E-state index is 12.4. The fourth-order valence-corrected chi connectivity index (χ4v) is 4.54. The van der Waals surface area contributed by atoms with Crippen LogP contribution in [0, 0.1) is 13.8 Å². The molecule has 0 fully saturated rings. The zero-order valence-electron chi connectivity index (χ0n) is 19.8. The molecule has 0 saturated heterocycles. The number of benzene rings is 2. The van der Waals surface area contributed by atoms with Crippen LogP contribution in [0.15, 0.2) is 59.8 Å². The first-order valence-corrected chi connectivity index (χ1v) is 12.0. The minimum Gasteiger partial charge on any atom is -0.493 e. The van der Waals surface area contributed by atoms with Gasteiger partial charge >= 0.3 is 0 Å². The van der Waals surface area contributed by atoms with Gasteiger partial charge in [-0.25, -0.2) is 9.50 Å². The molecule has 2 heterocycles. The average molecular weight is 477 g/mol. The second kappa shape index (κ2) is 10.6. The van der Waals surface area contributed by atoms with E-state index < -0.39 is 0 Å². The van der Waals surface area contributed by atoms with Crippen molar-refractivity contribution in [2.75, 3.05) is 26.5 Å². The van der Waals surface area contributed by atoms with Gasteiger partial charge in [0.05, 0.1) is 26.2 Å². The van der Waals surface area contributed by atoms with Crippen molar-refractivity contribution in [1.29, 1.82) is 0 Å². The highest BCUT2D eigenvalue weighted by molar-refractivity contribution is 7.99. The standard InChI is InChI=1S/C26H28N4O3S/c1-17-5-7-19(8-6-17)11-12-27-24(31)16-34-25-13-18(2)29-26-21(15-28-30(25)26)20-9-10-22(32-3)23(14-20)33-4/h5-10,13-15H,11-12,16H2,1-4H3,(H,27,31). The summed E-state index contributed by atoms with van der Waals surface area (Å²) >= 11 is 1.45. The molecule has 4 rings (SSSR count). The van der Waals surface area contributed by atoms with Crippen LogP contribution in [0.3, 0.4) is 0 Å². The molecule has 0 bridgehead atoms. The molecule has 0 aliphatic carbocycles. The third-order valence-corrected chi connectivity index (χ3v) is 6.46. The van der Waals surface area contributed by atoms with Gasteiger partial charge in [-0.1, -0.05) is 47.7 Å². The Bertz CT molecular complexity index is 1300. The number of fused-ring (bicyclic) bond motifs is 1. The Morgan fingerprint density at radius 2 is 1.79 bits per heavy atom. The molecule has 0 atom stereocenters. The van der Waals surface area contributed by atoms with E-state index in [1.807, 2.05) is 31.2 Å². The molecule has 176 valence electrons. The zero-order valence-corrected chi connectivity index (χ0v) is 20.6. The average Bonchev–Trinajstić information content (AvgIpc) is 3.27. The van der Waals surface area contributed by atoms with Crippen molar-refractivity contribution in [2.24, 2.45) is 0 Å². The van der Waals surface area contributed by atoms with Gasteiger partial charge in [-0.15, -0.1) is 0 Å². The predicted molar refractivity (Wildman–Crippen MR) is 135 cm³/mol. The van der Waals surface area contributed by atoms with Crippen LogP contribution in [0.1, 0.15) is 16.8 Å². The summed E-state index contributed by atoms with van der Waals surface area (Å²) in [5, 5.41) is 8.42. The quantitative estimate of drug-likeness (QED) is 0.283. The Labute approximate surface area is 203 Å². The Hall–Kier alpha value is -3.52. The number of amides is 1. The molecule has 7 nitrogen and oxygen atoms in total. The number of aryl methyl sites for hydroxylation is 2. The number of hydrogen-bond acceptors (Lipinski definition) is 6. The highest BCUT2D eigenvalue weighted by atomic mass is 32.2. The smallest absolute Gasteiger partial charge is 0.230 e. The Kier molecular flexibility index (Phi) is 7.37. The molecule has 0 aliphatic heterocycles. The molecule has 0 spiro atoms. The number of nitrogens with one attached hydrogen (secondary N) is 1. The molecule has 1 N–H and O–H groups in total. The van der Waals surface area contributed by atoms with Gasteiger partial charge < -0.3 is 14.8 Å². The molecule has 0 saturated carbocycles. The first-order chi connectivity index (χ1) is 16.5. The van der Waals surface area contributed by atoms with Crippen LogP contribution in [-0.2, 0) is 11.2 Å². The van der Waals surface area contributed by atoms with Crippen LogP contribution >= 0.6 is 11.8 Å². The minimum absolute atomic E-state index is 0.00741. The van der Waals surface area contributed by atoms with Crippen molar-refractivity contribution < 1.29 is 14.3 Å². The molecular weight excluding hydrogens is 448 g/mol. The van der Waals surface area contributed by atoms with Crippen molar-refractivity contribution in [1.82, 2.24) is 19.9 Å². The highest BCUT2D eigenvalue weighted by Crippen LogP contribution is 2.34. The zero-order chi connectivity index (χ0) is 24.1. The topological polar surface area (TPSA) is 77.8 Å². The second-order valence-electron chi connectivity index (χ2n) is 7.97. The summed E-state index contributed by atoms with van der Waals surface area (Å²) in [5.41, 5.74) is 5.84. The van der Waals surface area contributed by atoms with Gasteiger partial charge in [0.2, 0.25) is 5.91 Å². The number of thioether (sulfide) groups is 1. The lowest BCUT2D eigenvalue weighted by molar-refractivity contribution is -0.118. The van der Waals surface area contributed by atoms with Crippen molar-refractivity contribution in [3.05, 3.63) is 71.5 Å². The van der Waals surface area contributed by atoms with Gasteiger partial charge in [0.25, 0.3) is 0 Å². The summed E-state index contributed by atoms with van der Waals surface area (Å²) in [5.74, 6) is 1.60. The van der Waals surface area contributed by atoms with Gasteiger partial charge in [-0.05, 0) is 49.6 Å². The van der Waals surface area contributed by atoms with Crippen LogP contribution in [0.4, 0.5) is 0 Å². The van der Waals surface area contributed by atoms with Gasteiger partial charge in [-0.2, -0.15) is 5.10 Å². The molecule has 0 radical (unpaired) electrons. The lowest BCUT2D eigenvalue weighted by Gasteiger charge is -2.10. The van der Waals surface area contributed by atoms with E-state index in [1.165, 1.54) is 22.9 Å². The van der Waals surface area contributed by atoms with Crippen molar-refractivity contribution in [3.63, 3.8) is 0 Å². The lowest BCUT2D eigenvalue weighted by Crippen LogP contribution is -2.27. The number of carbonyl (C=O) groups is 1. The van der Waals surface area contributed by atoms with Gasteiger partial charge in [0.1, 0.15) is 5.03 Å². The van der Waals surface area contributed by atoms with Gasteiger partial charge in [-0.3, -0.25) is 4.79 Å². The Morgan fingerprint density at radius 1 is 1.03 bits per heavy atom. The van der Waals surface area contributed by atoms with E-state index in [1.54, 1.807) is 24.9 Å². The number of hydrogen-bond donors (Lipinski definition) is 1. The van der Waals surface area contributed by atoms with Crippen molar-refractivity contribution >= 4 is 23.3 Å². The maximum Gasteiger partial charge on any atom is 0.230 e. The third-order valence-electron chi connectivity index (χ3n) is 5.47. The van der Waals surface area contributed by atoms with Crippen LogP contribution in [-0.4, -0.2) is 47.0 Å². The molecule has 8 heteroatoms. The molecular formula is C26H28N4O3S. The number of nitrogens with zero attached hydrogens (tertiary/aromatic N) is 3. The van der Waals surface area contributed by atoms with E-state index in [0.29, 0.717) is 23.8 Å². The SMILES string of the molecule is COc1ccc(-c2cnn3c(SCC(=O)NCCc4ccc(C)cc4)cc(C)nc23)cc1OC. The fraction of sp³-hybridized carbons (Fsp3) is 0.269. The first-order valence-electron chi connectivity index (χ1n) is 11.0. The van der Waals surface area contributed by atoms with E-state index >= 15 is 0 Å². The summed E-state index contributed by atoms with van der Waals surface area (Å²) in [6.07, 6.45) is 2.60. The largest absolute Gasteiger partial charge is 0.493 e. The highest BCUT2D eigenvalue weighted by Gasteiger charge is 2.15.